The standard InChI is InChI=1S/C11H16BrN5O6S2/c1-25(20,21)16-5-2-4(3-22-12)23-9(5)17-7-6(24-11(17)19)8(18)15-10(13)14-7/h4-5,8-9,16,18H,2-3H2,1H3,(H3,13,14,15)/t4-,5+,8?,9+/m0/s1. The highest BCUT2D eigenvalue weighted by atomic mass is 79.9. The molecule has 11 nitrogen and oxygen atoms in total. The fourth-order valence-corrected chi connectivity index (χ4v) is 4.76. The topological polar surface area (TPSA) is 157 Å². The van der Waals surface area contributed by atoms with Gasteiger partial charge in [-0.2, -0.15) is 0 Å². The Morgan fingerprint density at radius 3 is 3.00 bits per heavy atom. The Morgan fingerprint density at radius 1 is 1.64 bits per heavy atom. The summed E-state index contributed by atoms with van der Waals surface area (Å²) in [5.74, 6) is 0.179. The molecule has 2 aliphatic heterocycles. The van der Waals surface area contributed by atoms with Gasteiger partial charge in [-0.3, -0.25) is 9.36 Å². The molecule has 2 aliphatic rings. The van der Waals surface area contributed by atoms with Gasteiger partial charge in [-0.1, -0.05) is 11.3 Å². The van der Waals surface area contributed by atoms with Gasteiger partial charge in [0, 0.05) is 0 Å². The number of aromatic nitrogens is 1. The first-order valence-electron chi connectivity index (χ1n) is 7.09. The monoisotopic (exact) mass is 457 g/mol. The van der Waals surface area contributed by atoms with Crippen molar-refractivity contribution in [3.63, 3.8) is 0 Å². The van der Waals surface area contributed by atoms with Crippen molar-refractivity contribution in [3.8, 4) is 0 Å². The summed E-state index contributed by atoms with van der Waals surface area (Å²) in [6, 6.07) is -0.696. The molecule has 3 rings (SSSR count). The van der Waals surface area contributed by atoms with Gasteiger partial charge < -0.3 is 24.7 Å². The van der Waals surface area contributed by atoms with E-state index in [0.717, 1.165) is 17.6 Å². The Kier molecular flexibility index (Phi) is 5.21. The van der Waals surface area contributed by atoms with Crippen LogP contribution in [0.5, 0.6) is 0 Å². The fourth-order valence-electron chi connectivity index (χ4n) is 2.82. The Labute approximate surface area is 155 Å². The lowest BCUT2D eigenvalue weighted by Crippen LogP contribution is -2.41. The van der Waals surface area contributed by atoms with Crippen LogP contribution in [0.3, 0.4) is 0 Å². The Bertz CT molecular complexity index is 852. The molecule has 140 valence electrons. The molecule has 0 saturated carbocycles. The van der Waals surface area contributed by atoms with Gasteiger partial charge in [-0.15, -0.1) is 0 Å². The van der Waals surface area contributed by atoms with Gasteiger partial charge in [0.25, 0.3) is 0 Å². The number of anilines is 1. The lowest BCUT2D eigenvalue weighted by Gasteiger charge is -2.24. The number of hydrogen-bond donors (Lipinski definition) is 4. The smallest absolute Gasteiger partial charge is 0.311 e. The van der Waals surface area contributed by atoms with Gasteiger partial charge in [0.2, 0.25) is 10.0 Å². The zero-order valence-electron chi connectivity index (χ0n) is 12.9. The van der Waals surface area contributed by atoms with Crippen LogP contribution in [-0.4, -0.2) is 49.1 Å². The summed E-state index contributed by atoms with van der Waals surface area (Å²) in [6.07, 6.45) is -1.31. The minimum atomic E-state index is -3.54. The average molecular weight is 458 g/mol. The number of halogens is 1. The van der Waals surface area contributed by atoms with Gasteiger partial charge in [-0.05, 0) is 6.42 Å². The summed E-state index contributed by atoms with van der Waals surface area (Å²) in [6.45, 7) is 0.166. The van der Waals surface area contributed by atoms with E-state index in [2.05, 4.69) is 31.3 Å². The highest BCUT2D eigenvalue weighted by molar-refractivity contribution is 9.06. The molecular formula is C11H16BrN5O6S2. The molecule has 1 aromatic heterocycles. The summed E-state index contributed by atoms with van der Waals surface area (Å²) in [5, 5.41) is 12.7. The summed E-state index contributed by atoms with van der Waals surface area (Å²) >= 11 is 3.62. The van der Waals surface area contributed by atoms with Gasteiger partial charge in [-0.25, -0.2) is 18.1 Å². The molecule has 3 heterocycles. The molecule has 5 N–H and O–H groups in total. The van der Waals surface area contributed by atoms with E-state index in [1.165, 1.54) is 4.57 Å². The molecular weight excluding hydrogens is 442 g/mol. The van der Waals surface area contributed by atoms with E-state index in [4.69, 9.17) is 14.3 Å². The number of nitrogens with one attached hydrogen (secondary N) is 2. The van der Waals surface area contributed by atoms with Crippen molar-refractivity contribution < 1.29 is 22.1 Å². The van der Waals surface area contributed by atoms with Gasteiger partial charge in [0.05, 0.1) is 41.3 Å². The number of nitrogens with two attached hydrogens (primary N) is 1. The second-order valence-electron chi connectivity index (χ2n) is 5.62. The number of sulfonamides is 1. The quantitative estimate of drug-likeness (QED) is 0.446. The molecule has 0 aromatic carbocycles. The minimum Gasteiger partial charge on any atom is -0.370 e. The van der Waals surface area contributed by atoms with Crippen molar-refractivity contribution in [2.24, 2.45) is 10.7 Å². The van der Waals surface area contributed by atoms with E-state index < -0.39 is 39.5 Å². The number of guanidine groups is 1. The lowest BCUT2D eigenvalue weighted by atomic mass is 10.2. The van der Waals surface area contributed by atoms with Crippen LogP contribution in [0.15, 0.2) is 9.79 Å². The first-order chi connectivity index (χ1) is 11.7. The second-order valence-corrected chi connectivity index (χ2v) is 8.85. The molecule has 0 amide bonds. The molecule has 1 fully saturated rings. The van der Waals surface area contributed by atoms with Crippen LogP contribution < -0.4 is 20.6 Å². The third-order valence-electron chi connectivity index (χ3n) is 3.67. The van der Waals surface area contributed by atoms with E-state index in [0.29, 0.717) is 6.42 Å². The molecule has 0 bridgehead atoms. The molecule has 25 heavy (non-hydrogen) atoms. The maximum absolute atomic E-state index is 12.5. The molecule has 4 atom stereocenters. The number of thiazole rings is 1. The fraction of sp³-hybridized carbons (Fsp3) is 0.636. The maximum Gasteiger partial charge on any atom is 0.311 e. The Morgan fingerprint density at radius 2 is 2.36 bits per heavy atom. The number of rotatable bonds is 5. The first kappa shape index (κ1) is 18.8. The van der Waals surface area contributed by atoms with Gasteiger partial charge >= 0.3 is 4.87 Å². The number of ether oxygens (including phenoxy) is 1. The zero-order valence-corrected chi connectivity index (χ0v) is 16.1. The molecule has 0 spiro atoms. The SMILES string of the molecule is CS(=O)(=O)N[C@@H]1C[C@@H](COBr)O[C@H]1n1c2c(sc1=O)C(O)N=C(N)N2. The number of aliphatic imine (C=N–C) groups is 1. The van der Waals surface area contributed by atoms with E-state index in [1.807, 2.05) is 0 Å². The van der Waals surface area contributed by atoms with E-state index in [-0.39, 0.29) is 23.3 Å². The maximum atomic E-state index is 12.5. The number of nitrogens with zero attached hydrogens (tertiary/aromatic N) is 2. The largest absolute Gasteiger partial charge is 0.370 e. The highest BCUT2D eigenvalue weighted by Gasteiger charge is 2.41. The molecule has 0 aliphatic carbocycles. The minimum absolute atomic E-state index is 0.0579. The van der Waals surface area contributed by atoms with Crippen LogP contribution in [0.1, 0.15) is 23.8 Å². The number of aliphatic hydroxyl groups excluding tert-OH is 1. The van der Waals surface area contributed by atoms with Crippen LogP contribution >= 0.6 is 27.6 Å². The molecule has 1 unspecified atom stereocenters. The molecule has 14 heteroatoms. The zero-order chi connectivity index (χ0) is 18.4. The van der Waals surface area contributed by atoms with Crippen LogP contribution in [0.25, 0.3) is 0 Å². The first-order valence-corrected chi connectivity index (χ1v) is 10.4. The van der Waals surface area contributed by atoms with Crippen molar-refractivity contribution >= 4 is 49.4 Å². The van der Waals surface area contributed by atoms with E-state index in [1.54, 1.807) is 0 Å². The molecule has 0 radical (unpaired) electrons. The second kappa shape index (κ2) is 6.94. The highest BCUT2D eigenvalue weighted by Crippen LogP contribution is 2.37. The van der Waals surface area contributed by atoms with Crippen molar-refractivity contribution in [1.29, 1.82) is 0 Å². The van der Waals surface area contributed by atoms with Crippen LogP contribution in [0.4, 0.5) is 5.82 Å². The Balaban J connectivity index is 2.00. The number of fused-ring (bicyclic) bond motifs is 1. The summed E-state index contributed by atoms with van der Waals surface area (Å²) in [7, 11) is -3.54. The average Bonchev–Trinajstić information content (AvgIpc) is 2.98. The lowest BCUT2D eigenvalue weighted by molar-refractivity contribution is -0.0182. The molecule has 1 saturated heterocycles. The van der Waals surface area contributed by atoms with Crippen molar-refractivity contribution in [3.05, 3.63) is 14.5 Å². The third kappa shape index (κ3) is 3.89. The van der Waals surface area contributed by atoms with Gasteiger partial charge in [0.15, 0.2) is 18.4 Å². The van der Waals surface area contributed by atoms with Crippen molar-refractivity contribution in [2.45, 2.75) is 31.0 Å². The summed E-state index contributed by atoms with van der Waals surface area (Å²) in [4.78, 5) is 16.0. The predicted octanol–water partition coefficient (Wildman–Crippen LogP) is -0.827. The normalized spacial score (nSPS) is 29.2. The Hall–Kier alpha value is -1.03. The predicted molar refractivity (Wildman–Crippen MR) is 94.0 cm³/mol. The van der Waals surface area contributed by atoms with E-state index in [9.17, 15) is 18.3 Å². The summed E-state index contributed by atoms with van der Waals surface area (Å²) in [5.41, 5.74) is 5.62. The number of aliphatic hydroxyl groups is 1. The van der Waals surface area contributed by atoms with Crippen LogP contribution in [0.2, 0.25) is 0 Å². The van der Waals surface area contributed by atoms with Gasteiger partial charge in [0.1, 0.15) is 10.7 Å². The van der Waals surface area contributed by atoms with Crippen molar-refractivity contribution in [1.82, 2.24) is 9.29 Å². The van der Waals surface area contributed by atoms with Crippen LogP contribution in [0, 0.1) is 0 Å². The number of hydrogen-bond acceptors (Lipinski definition) is 10. The van der Waals surface area contributed by atoms with E-state index >= 15 is 0 Å². The van der Waals surface area contributed by atoms with Crippen molar-refractivity contribution in [2.75, 3.05) is 18.2 Å². The molecule has 1 aromatic rings. The third-order valence-corrected chi connectivity index (χ3v) is 5.66. The van der Waals surface area contributed by atoms with Crippen LogP contribution in [-0.2, 0) is 18.6 Å². The summed E-state index contributed by atoms with van der Waals surface area (Å²) < 4.78 is 37.7.